The molecule has 0 aromatic rings. The van der Waals surface area contributed by atoms with Crippen LogP contribution in [0.4, 0.5) is 4.39 Å². The number of nitrogens with zero attached hydrogens (tertiary/aromatic N) is 1. The van der Waals surface area contributed by atoms with E-state index in [4.69, 9.17) is 5.73 Å². The van der Waals surface area contributed by atoms with Crippen molar-refractivity contribution >= 4 is 0 Å². The van der Waals surface area contributed by atoms with Crippen LogP contribution in [-0.2, 0) is 0 Å². The molecule has 0 radical (unpaired) electrons. The molecule has 0 spiro atoms. The fourth-order valence-electron chi connectivity index (χ4n) is 1.92. The minimum absolute atomic E-state index is 0.305. The fraction of sp³-hybridized carbons (Fsp3) is 1.00. The molecule has 3 nitrogen and oxygen atoms in total. The molecule has 0 aliphatic carbocycles. The van der Waals surface area contributed by atoms with Gasteiger partial charge >= 0.3 is 0 Å². The summed E-state index contributed by atoms with van der Waals surface area (Å²) in [5.41, 5.74) is 5.53. The molecule has 0 bridgehead atoms. The number of hydrogen-bond acceptors (Lipinski definition) is 3. The van der Waals surface area contributed by atoms with Crippen molar-refractivity contribution in [2.45, 2.75) is 38.5 Å². The summed E-state index contributed by atoms with van der Waals surface area (Å²) in [6.45, 7) is 7.29. The van der Waals surface area contributed by atoms with E-state index in [0.717, 1.165) is 13.1 Å². The van der Waals surface area contributed by atoms with Crippen LogP contribution in [0.5, 0.6) is 0 Å². The Kier molecular flexibility index (Phi) is 4.78. The molecular weight excluding hydrogens is 181 g/mol. The number of hydrogen-bond donors (Lipinski definition) is 2. The van der Waals surface area contributed by atoms with Crippen LogP contribution in [0.3, 0.4) is 0 Å². The van der Waals surface area contributed by atoms with Crippen molar-refractivity contribution in [1.29, 1.82) is 0 Å². The van der Waals surface area contributed by atoms with Crippen LogP contribution < -0.4 is 11.1 Å². The van der Waals surface area contributed by atoms with E-state index >= 15 is 0 Å². The predicted octanol–water partition coefficient (Wildman–Crippen LogP) is 0.356. The van der Waals surface area contributed by atoms with Crippen LogP contribution in [0.1, 0.15) is 20.3 Å². The minimum Gasteiger partial charge on any atom is -0.329 e. The lowest BCUT2D eigenvalue weighted by Crippen LogP contribution is -2.43. The number of rotatable bonds is 5. The first-order valence-corrected chi connectivity index (χ1v) is 5.45. The third-order valence-electron chi connectivity index (χ3n) is 2.77. The molecule has 84 valence electrons. The standard InChI is InChI=1S/C10H22FN3/c1-8(2)14(4-3-12)7-10-5-9(11)6-13-10/h8-10,13H,3-7,12H2,1-2H3. The maximum Gasteiger partial charge on any atom is 0.114 e. The smallest absolute Gasteiger partial charge is 0.114 e. The number of halogens is 1. The van der Waals surface area contributed by atoms with Crippen molar-refractivity contribution in [1.82, 2.24) is 10.2 Å². The van der Waals surface area contributed by atoms with Gasteiger partial charge in [0.2, 0.25) is 0 Å². The summed E-state index contributed by atoms with van der Waals surface area (Å²) in [5.74, 6) is 0. The molecule has 1 aliphatic rings. The lowest BCUT2D eigenvalue weighted by atomic mass is 10.2. The maximum atomic E-state index is 12.9. The van der Waals surface area contributed by atoms with Crippen LogP contribution in [-0.4, -0.2) is 49.3 Å². The average molecular weight is 203 g/mol. The summed E-state index contributed by atoms with van der Waals surface area (Å²) in [6.07, 6.45) is -0.0137. The molecule has 0 saturated carbocycles. The third kappa shape index (κ3) is 3.52. The van der Waals surface area contributed by atoms with Crippen LogP contribution in [0.15, 0.2) is 0 Å². The van der Waals surface area contributed by atoms with Crippen LogP contribution in [0, 0.1) is 0 Å². The number of nitrogens with two attached hydrogens (primary N) is 1. The first-order valence-electron chi connectivity index (χ1n) is 5.45. The van der Waals surface area contributed by atoms with Crippen molar-refractivity contribution in [3.8, 4) is 0 Å². The first-order chi connectivity index (χ1) is 6.63. The van der Waals surface area contributed by atoms with Crippen LogP contribution in [0.25, 0.3) is 0 Å². The zero-order valence-electron chi connectivity index (χ0n) is 9.17. The van der Waals surface area contributed by atoms with Gasteiger partial charge in [-0.25, -0.2) is 4.39 Å². The predicted molar refractivity (Wildman–Crippen MR) is 57.1 cm³/mol. The van der Waals surface area contributed by atoms with Crippen molar-refractivity contribution in [2.24, 2.45) is 5.73 Å². The molecule has 3 N–H and O–H groups in total. The van der Waals surface area contributed by atoms with Gasteiger partial charge in [-0.05, 0) is 20.3 Å². The molecule has 0 aromatic carbocycles. The molecule has 14 heavy (non-hydrogen) atoms. The third-order valence-corrected chi connectivity index (χ3v) is 2.77. The minimum atomic E-state index is -0.660. The average Bonchev–Trinajstić information content (AvgIpc) is 2.50. The number of nitrogens with one attached hydrogen (secondary N) is 1. The molecule has 2 atom stereocenters. The Balaban J connectivity index is 2.31. The van der Waals surface area contributed by atoms with Gasteiger partial charge in [-0.1, -0.05) is 0 Å². The Labute approximate surface area is 85.8 Å². The second-order valence-corrected chi connectivity index (χ2v) is 4.32. The summed E-state index contributed by atoms with van der Waals surface area (Å²) >= 11 is 0. The Morgan fingerprint density at radius 2 is 2.29 bits per heavy atom. The molecule has 1 heterocycles. The first kappa shape index (κ1) is 11.9. The van der Waals surface area contributed by atoms with Gasteiger partial charge in [0.15, 0.2) is 0 Å². The molecule has 1 aliphatic heterocycles. The maximum absolute atomic E-state index is 12.9. The molecule has 2 unspecified atom stereocenters. The fourth-order valence-corrected chi connectivity index (χ4v) is 1.92. The summed E-state index contributed by atoms with van der Waals surface area (Å²) in [5, 5.41) is 3.19. The van der Waals surface area contributed by atoms with Crippen molar-refractivity contribution in [2.75, 3.05) is 26.2 Å². The second kappa shape index (κ2) is 5.63. The normalized spacial score (nSPS) is 27.9. The van der Waals surface area contributed by atoms with Gasteiger partial charge in [0.25, 0.3) is 0 Å². The molecule has 1 rings (SSSR count). The highest BCUT2D eigenvalue weighted by molar-refractivity contribution is 4.84. The quantitative estimate of drug-likeness (QED) is 0.677. The molecule has 0 aromatic heterocycles. The SMILES string of the molecule is CC(C)N(CCN)CC1CC(F)CN1. The van der Waals surface area contributed by atoms with Gasteiger partial charge in [0, 0.05) is 38.3 Å². The molecule has 4 heteroatoms. The topological polar surface area (TPSA) is 41.3 Å². The van der Waals surface area contributed by atoms with E-state index in [0.29, 0.717) is 31.6 Å². The molecule has 1 fully saturated rings. The van der Waals surface area contributed by atoms with Crippen molar-refractivity contribution < 1.29 is 4.39 Å². The van der Waals surface area contributed by atoms with Crippen molar-refractivity contribution in [3.05, 3.63) is 0 Å². The summed E-state index contributed by atoms with van der Waals surface area (Å²) in [4.78, 5) is 2.30. The van der Waals surface area contributed by atoms with E-state index < -0.39 is 6.17 Å². The van der Waals surface area contributed by atoms with Gasteiger partial charge in [-0.3, -0.25) is 4.90 Å². The highest BCUT2D eigenvalue weighted by Crippen LogP contribution is 2.12. The summed E-state index contributed by atoms with van der Waals surface area (Å²) in [6, 6.07) is 0.790. The zero-order valence-corrected chi connectivity index (χ0v) is 9.17. The molecule has 0 amide bonds. The van der Waals surface area contributed by atoms with Gasteiger partial charge in [-0.15, -0.1) is 0 Å². The van der Waals surface area contributed by atoms with Gasteiger partial charge < -0.3 is 11.1 Å². The Bertz CT molecular complexity index is 163. The van der Waals surface area contributed by atoms with E-state index in [1.165, 1.54) is 0 Å². The summed E-state index contributed by atoms with van der Waals surface area (Å²) in [7, 11) is 0. The van der Waals surface area contributed by atoms with Crippen molar-refractivity contribution in [3.63, 3.8) is 0 Å². The number of alkyl halides is 1. The Morgan fingerprint density at radius 1 is 1.57 bits per heavy atom. The van der Waals surface area contributed by atoms with E-state index in [-0.39, 0.29) is 0 Å². The van der Waals surface area contributed by atoms with Crippen LogP contribution in [0.2, 0.25) is 0 Å². The van der Waals surface area contributed by atoms with Gasteiger partial charge in [-0.2, -0.15) is 0 Å². The highest BCUT2D eigenvalue weighted by atomic mass is 19.1. The molecule has 1 saturated heterocycles. The monoisotopic (exact) mass is 203 g/mol. The highest BCUT2D eigenvalue weighted by Gasteiger charge is 2.25. The second-order valence-electron chi connectivity index (χ2n) is 4.32. The van der Waals surface area contributed by atoms with E-state index in [2.05, 4.69) is 24.1 Å². The van der Waals surface area contributed by atoms with Gasteiger partial charge in [0.1, 0.15) is 6.17 Å². The Hall–Kier alpha value is -0.190. The van der Waals surface area contributed by atoms with Crippen LogP contribution >= 0.6 is 0 Å². The van der Waals surface area contributed by atoms with E-state index in [1.54, 1.807) is 0 Å². The van der Waals surface area contributed by atoms with E-state index in [9.17, 15) is 4.39 Å². The zero-order chi connectivity index (χ0) is 10.6. The summed E-state index contributed by atoms with van der Waals surface area (Å²) < 4.78 is 12.9. The van der Waals surface area contributed by atoms with Gasteiger partial charge in [0.05, 0.1) is 0 Å². The largest absolute Gasteiger partial charge is 0.329 e. The Morgan fingerprint density at radius 3 is 2.71 bits per heavy atom. The lowest BCUT2D eigenvalue weighted by Gasteiger charge is -2.28. The molecular formula is C10H22FN3. The lowest BCUT2D eigenvalue weighted by molar-refractivity contribution is 0.205. The van der Waals surface area contributed by atoms with E-state index in [1.807, 2.05) is 0 Å².